The average molecular weight is 386 g/mol. The molecule has 6 heteroatoms. The summed E-state index contributed by atoms with van der Waals surface area (Å²) in [5.74, 6) is 0.235. The van der Waals surface area contributed by atoms with E-state index < -0.39 is 0 Å². The van der Waals surface area contributed by atoms with Gasteiger partial charge in [0.1, 0.15) is 5.75 Å². The lowest BCUT2D eigenvalue weighted by Crippen LogP contribution is -2.38. The molecule has 3 amide bonds. The Morgan fingerprint density at radius 1 is 1.21 bits per heavy atom. The highest BCUT2D eigenvalue weighted by molar-refractivity contribution is 6.05. The number of carbonyl (C=O) groups is 3. The van der Waals surface area contributed by atoms with E-state index in [4.69, 9.17) is 4.74 Å². The molecule has 1 aliphatic heterocycles. The molecule has 1 aliphatic carbocycles. The maximum atomic E-state index is 12.9. The summed E-state index contributed by atoms with van der Waals surface area (Å²) in [6, 6.07) is 7.57. The summed E-state index contributed by atoms with van der Waals surface area (Å²) in [5, 5.41) is 0. The summed E-state index contributed by atoms with van der Waals surface area (Å²) in [7, 11) is 1.62. The van der Waals surface area contributed by atoms with Crippen molar-refractivity contribution in [3.05, 3.63) is 29.8 Å². The Labute approximate surface area is 166 Å². The largest absolute Gasteiger partial charge is 0.497 e. The number of likely N-dealkylation sites (tertiary alicyclic amines) is 1. The Kier molecular flexibility index (Phi) is 6.37. The lowest BCUT2D eigenvalue weighted by Gasteiger charge is -2.29. The van der Waals surface area contributed by atoms with Gasteiger partial charge in [-0.05, 0) is 44.4 Å². The molecule has 3 atom stereocenters. The first-order valence-corrected chi connectivity index (χ1v) is 10.3. The van der Waals surface area contributed by atoms with Gasteiger partial charge in [0.05, 0.1) is 25.0 Å². The van der Waals surface area contributed by atoms with Crippen molar-refractivity contribution in [3.63, 3.8) is 0 Å². The summed E-state index contributed by atoms with van der Waals surface area (Å²) in [5.41, 5.74) is 0.994. The van der Waals surface area contributed by atoms with Gasteiger partial charge in [0.2, 0.25) is 17.7 Å². The molecule has 0 spiro atoms. The van der Waals surface area contributed by atoms with E-state index >= 15 is 0 Å². The van der Waals surface area contributed by atoms with Crippen LogP contribution in [0.3, 0.4) is 0 Å². The highest BCUT2D eigenvalue weighted by Crippen LogP contribution is 2.38. The van der Waals surface area contributed by atoms with Crippen molar-refractivity contribution in [2.45, 2.75) is 52.0 Å². The Morgan fingerprint density at radius 2 is 1.86 bits per heavy atom. The van der Waals surface area contributed by atoms with Crippen molar-refractivity contribution < 1.29 is 19.1 Å². The van der Waals surface area contributed by atoms with Gasteiger partial charge in [-0.15, -0.1) is 0 Å². The molecule has 1 aromatic rings. The Morgan fingerprint density at radius 3 is 2.43 bits per heavy atom. The molecule has 1 saturated heterocycles. The first-order chi connectivity index (χ1) is 13.5. The van der Waals surface area contributed by atoms with Crippen LogP contribution in [0.25, 0.3) is 0 Å². The Hall–Kier alpha value is -2.37. The van der Waals surface area contributed by atoms with Crippen molar-refractivity contribution in [2.24, 2.45) is 11.8 Å². The highest BCUT2D eigenvalue weighted by Gasteiger charge is 2.47. The van der Waals surface area contributed by atoms with Gasteiger partial charge in [0.25, 0.3) is 0 Å². The number of imide groups is 1. The lowest BCUT2D eigenvalue weighted by molar-refractivity contribution is -0.141. The zero-order valence-corrected chi connectivity index (χ0v) is 17.0. The number of benzene rings is 1. The second-order valence-corrected chi connectivity index (χ2v) is 7.71. The molecule has 0 N–H and O–H groups in total. The van der Waals surface area contributed by atoms with E-state index in [9.17, 15) is 14.4 Å². The standard InChI is InChI=1S/C22H30N2O4/c1-4-23(15(2)16-8-7-9-17(14-16)28-3)20(25)12-13-24-21(26)18-10-5-6-11-19(18)22(24)27/h7-9,14-15,18-19H,4-6,10-13H2,1-3H3. The number of methoxy groups -OCH3 is 1. The highest BCUT2D eigenvalue weighted by atomic mass is 16.5. The first kappa shape index (κ1) is 20.4. The van der Waals surface area contributed by atoms with E-state index in [0.29, 0.717) is 6.54 Å². The molecule has 0 bridgehead atoms. The number of amides is 3. The summed E-state index contributed by atoms with van der Waals surface area (Å²) in [6.07, 6.45) is 3.78. The summed E-state index contributed by atoms with van der Waals surface area (Å²) in [4.78, 5) is 41.2. The Bertz CT molecular complexity index is 724. The number of hydrogen-bond acceptors (Lipinski definition) is 4. The van der Waals surface area contributed by atoms with Crippen LogP contribution in [0.15, 0.2) is 24.3 Å². The van der Waals surface area contributed by atoms with Crippen LogP contribution in [0.2, 0.25) is 0 Å². The number of carbonyl (C=O) groups excluding carboxylic acids is 3. The van der Waals surface area contributed by atoms with Crippen molar-refractivity contribution in [3.8, 4) is 5.75 Å². The maximum Gasteiger partial charge on any atom is 0.233 e. The van der Waals surface area contributed by atoms with E-state index in [2.05, 4.69) is 0 Å². The van der Waals surface area contributed by atoms with Gasteiger partial charge in [0.15, 0.2) is 0 Å². The Balaban J connectivity index is 1.64. The van der Waals surface area contributed by atoms with Gasteiger partial charge < -0.3 is 9.64 Å². The number of ether oxygens (including phenoxy) is 1. The lowest BCUT2D eigenvalue weighted by atomic mass is 9.81. The normalized spacial score (nSPS) is 22.8. The fourth-order valence-corrected chi connectivity index (χ4v) is 4.55. The van der Waals surface area contributed by atoms with E-state index in [1.807, 2.05) is 38.1 Å². The molecule has 3 rings (SSSR count). The quantitative estimate of drug-likeness (QED) is 0.675. The molecule has 28 heavy (non-hydrogen) atoms. The van der Waals surface area contributed by atoms with Crippen LogP contribution in [0.4, 0.5) is 0 Å². The number of hydrogen-bond donors (Lipinski definition) is 0. The minimum atomic E-state index is -0.158. The van der Waals surface area contributed by atoms with E-state index in [0.717, 1.165) is 37.0 Å². The number of rotatable bonds is 7. The van der Waals surface area contributed by atoms with Gasteiger partial charge in [-0.25, -0.2) is 0 Å². The van der Waals surface area contributed by atoms with Crippen LogP contribution in [0, 0.1) is 11.8 Å². The molecule has 152 valence electrons. The van der Waals surface area contributed by atoms with Crippen LogP contribution in [-0.2, 0) is 14.4 Å². The third kappa shape index (κ3) is 3.91. The van der Waals surface area contributed by atoms with Gasteiger partial charge in [-0.2, -0.15) is 0 Å². The minimum Gasteiger partial charge on any atom is -0.497 e. The molecule has 0 radical (unpaired) electrons. The number of fused-ring (bicyclic) bond motifs is 1. The summed E-state index contributed by atoms with van der Waals surface area (Å²) >= 11 is 0. The van der Waals surface area contributed by atoms with Gasteiger partial charge in [-0.3, -0.25) is 19.3 Å². The average Bonchev–Trinajstić information content (AvgIpc) is 2.97. The van der Waals surface area contributed by atoms with E-state index in [1.54, 1.807) is 12.0 Å². The van der Waals surface area contributed by atoms with Crippen LogP contribution in [-0.4, -0.2) is 47.7 Å². The van der Waals surface area contributed by atoms with Gasteiger partial charge in [0, 0.05) is 19.5 Å². The smallest absolute Gasteiger partial charge is 0.233 e. The SMILES string of the molecule is CCN(C(=O)CCN1C(=O)C2CCCCC2C1=O)C(C)c1cccc(OC)c1. The fraction of sp³-hybridized carbons (Fsp3) is 0.591. The predicted molar refractivity (Wildman–Crippen MR) is 106 cm³/mol. The summed E-state index contributed by atoms with van der Waals surface area (Å²) < 4.78 is 5.28. The second kappa shape index (κ2) is 8.76. The minimum absolute atomic E-state index is 0.0479. The number of nitrogens with zero attached hydrogens (tertiary/aromatic N) is 2. The molecule has 2 aliphatic rings. The third-order valence-corrected chi connectivity index (χ3v) is 6.19. The van der Waals surface area contributed by atoms with E-state index in [1.165, 1.54) is 4.90 Å². The molecule has 2 fully saturated rings. The molecule has 3 unspecified atom stereocenters. The van der Waals surface area contributed by atoms with Gasteiger partial charge >= 0.3 is 0 Å². The molecule has 1 heterocycles. The first-order valence-electron chi connectivity index (χ1n) is 10.3. The van der Waals surface area contributed by atoms with Crippen molar-refractivity contribution in [2.75, 3.05) is 20.2 Å². The van der Waals surface area contributed by atoms with Crippen LogP contribution in [0.1, 0.15) is 57.6 Å². The van der Waals surface area contributed by atoms with Crippen molar-refractivity contribution in [1.82, 2.24) is 9.80 Å². The van der Waals surface area contributed by atoms with Crippen LogP contribution >= 0.6 is 0 Å². The zero-order valence-electron chi connectivity index (χ0n) is 17.0. The topological polar surface area (TPSA) is 66.9 Å². The zero-order chi connectivity index (χ0) is 20.3. The van der Waals surface area contributed by atoms with Crippen molar-refractivity contribution in [1.29, 1.82) is 0 Å². The maximum absolute atomic E-state index is 12.9. The molecule has 1 aromatic carbocycles. The molecule has 0 aromatic heterocycles. The van der Waals surface area contributed by atoms with Crippen LogP contribution in [0.5, 0.6) is 5.75 Å². The monoisotopic (exact) mass is 386 g/mol. The molecular formula is C22H30N2O4. The van der Waals surface area contributed by atoms with Crippen molar-refractivity contribution >= 4 is 17.7 Å². The molecule has 1 saturated carbocycles. The summed E-state index contributed by atoms with van der Waals surface area (Å²) in [6.45, 7) is 4.67. The van der Waals surface area contributed by atoms with Crippen LogP contribution < -0.4 is 4.74 Å². The van der Waals surface area contributed by atoms with E-state index in [-0.39, 0.29) is 48.6 Å². The third-order valence-electron chi connectivity index (χ3n) is 6.19. The molecule has 6 nitrogen and oxygen atoms in total. The fourth-order valence-electron chi connectivity index (χ4n) is 4.55. The second-order valence-electron chi connectivity index (χ2n) is 7.71. The molecular weight excluding hydrogens is 356 g/mol. The van der Waals surface area contributed by atoms with Gasteiger partial charge in [-0.1, -0.05) is 25.0 Å². The predicted octanol–water partition coefficient (Wildman–Crippen LogP) is 3.17.